The molecule has 144 valence electrons. The molecule has 2 N–H and O–H groups in total. The van der Waals surface area contributed by atoms with Gasteiger partial charge >= 0.3 is 0 Å². The van der Waals surface area contributed by atoms with Gasteiger partial charge in [-0.05, 0) is 29.7 Å². The first kappa shape index (κ1) is 19.4. The summed E-state index contributed by atoms with van der Waals surface area (Å²) < 4.78 is 1.76. The smallest absolute Gasteiger partial charge is 0.253 e. The topological polar surface area (TPSA) is 79.3 Å². The van der Waals surface area contributed by atoms with Crippen LogP contribution in [0.25, 0.3) is 0 Å². The fourth-order valence-corrected chi connectivity index (χ4v) is 3.84. The van der Waals surface area contributed by atoms with Crippen LogP contribution in [0.3, 0.4) is 0 Å². The highest BCUT2D eigenvalue weighted by atomic mass is 35.5. The summed E-state index contributed by atoms with van der Waals surface area (Å²) in [5, 5.41) is 10.5. The van der Waals surface area contributed by atoms with Crippen LogP contribution < -0.4 is 10.6 Å². The quantitative estimate of drug-likeness (QED) is 0.832. The van der Waals surface area contributed by atoms with Gasteiger partial charge < -0.3 is 15.5 Å². The average molecular weight is 390 g/mol. The number of aromatic nitrogens is 2. The number of fused-ring (bicyclic) bond motifs is 1. The number of rotatable bonds is 3. The third kappa shape index (κ3) is 3.70. The van der Waals surface area contributed by atoms with Gasteiger partial charge in [0.2, 0.25) is 5.91 Å². The highest BCUT2D eigenvalue weighted by molar-refractivity contribution is 5.99. The van der Waals surface area contributed by atoms with Crippen LogP contribution in [0.1, 0.15) is 27.4 Å². The Bertz CT molecular complexity index is 866. The van der Waals surface area contributed by atoms with E-state index in [1.165, 1.54) is 0 Å². The minimum absolute atomic E-state index is 0. The highest BCUT2D eigenvalue weighted by Crippen LogP contribution is 2.29. The van der Waals surface area contributed by atoms with Crippen LogP contribution in [0.4, 0.5) is 5.69 Å². The second-order valence-electron chi connectivity index (χ2n) is 7.16. The molecule has 4 rings (SSSR count). The largest absolute Gasteiger partial charge is 0.341 e. The van der Waals surface area contributed by atoms with Crippen molar-refractivity contribution in [3.63, 3.8) is 0 Å². The third-order valence-corrected chi connectivity index (χ3v) is 5.38. The molecule has 2 amide bonds. The molecule has 0 unspecified atom stereocenters. The molecular formula is C19H24ClN5O2. The Labute approximate surface area is 164 Å². The monoisotopic (exact) mass is 389 g/mol. The highest BCUT2D eigenvalue weighted by Gasteiger charge is 2.35. The van der Waals surface area contributed by atoms with E-state index in [1.807, 2.05) is 31.6 Å². The number of nitrogens with zero attached hydrogens (tertiary/aromatic N) is 3. The minimum atomic E-state index is -0.159. The van der Waals surface area contributed by atoms with Gasteiger partial charge in [-0.1, -0.05) is 6.07 Å². The number of benzene rings is 1. The van der Waals surface area contributed by atoms with Gasteiger partial charge in [0.1, 0.15) is 0 Å². The van der Waals surface area contributed by atoms with Crippen molar-refractivity contribution in [1.82, 2.24) is 20.0 Å². The Hall–Kier alpha value is -2.38. The van der Waals surface area contributed by atoms with Crippen molar-refractivity contribution in [1.29, 1.82) is 0 Å². The van der Waals surface area contributed by atoms with Gasteiger partial charge in [-0.2, -0.15) is 5.10 Å². The second-order valence-corrected chi connectivity index (χ2v) is 7.16. The van der Waals surface area contributed by atoms with Crippen molar-refractivity contribution in [2.24, 2.45) is 13.0 Å². The van der Waals surface area contributed by atoms with Gasteiger partial charge in [-0.3, -0.25) is 14.3 Å². The van der Waals surface area contributed by atoms with Crippen molar-refractivity contribution in [3.8, 4) is 0 Å². The predicted octanol–water partition coefficient (Wildman–Crippen LogP) is 1.41. The number of carbonyl (C=O) groups excluding carboxylic acids is 2. The molecule has 0 spiro atoms. The molecule has 3 heterocycles. The normalized spacial score (nSPS) is 21.6. The number of amides is 2. The summed E-state index contributed by atoms with van der Waals surface area (Å²) in [4.78, 5) is 26.9. The van der Waals surface area contributed by atoms with Crippen LogP contribution in [0.15, 0.2) is 30.6 Å². The Morgan fingerprint density at radius 2 is 2.11 bits per heavy atom. The molecule has 2 atom stereocenters. The molecule has 1 aromatic carbocycles. The molecule has 0 bridgehead atoms. The Kier molecular flexibility index (Phi) is 5.53. The summed E-state index contributed by atoms with van der Waals surface area (Å²) in [5.41, 5.74) is 3.47. The number of hydrogen-bond acceptors (Lipinski definition) is 4. The van der Waals surface area contributed by atoms with Crippen molar-refractivity contribution < 1.29 is 9.59 Å². The molecule has 27 heavy (non-hydrogen) atoms. The number of nitrogens with one attached hydrogen (secondary N) is 2. The minimum Gasteiger partial charge on any atom is -0.341 e. The molecule has 0 aliphatic carbocycles. The molecule has 7 nitrogen and oxygen atoms in total. The first-order valence-corrected chi connectivity index (χ1v) is 8.91. The van der Waals surface area contributed by atoms with Gasteiger partial charge in [-0.15, -0.1) is 12.4 Å². The summed E-state index contributed by atoms with van der Waals surface area (Å²) >= 11 is 0. The van der Waals surface area contributed by atoms with Crippen LogP contribution in [-0.4, -0.2) is 53.2 Å². The maximum Gasteiger partial charge on any atom is 0.253 e. The molecule has 2 aromatic rings. The van der Waals surface area contributed by atoms with Gasteiger partial charge in [0.15, 0.2) is 0 Å². The van der Waals surface area contributed by atoms with Gasteiger partial charge in [0, 0.05) is 57.1 Å². The van der Waals surface area contributed by atoms with E-state index in [4.69, 9.17) is 0 Å². The lowest BCUT2D eigenvalue weighted by molar-refractivity contribution is -0.119. The van der Waals surface area contributed by atoms with E-state index < -0.39 is 0 Å². The van der Waals surface area contributed by atoms with E-state index in [-0.39, 0.29) is 36.1 Å². The molecule has 2 aliphatic heterocycles. The van der Waals surface area contributed by atoms with Crippen LogP contribution in [0.2, 0.25) is 0 Å². The molecular weight excluding hydrogens is 366 g/mol. The summed E-state index contributed by atoms with van der Waals surface area (Å²) in [7, 11) is 3.68. The maximum absolute atomic E-state index is 12.8. The van der Waals surface area contributed by atoms with Crippen LogP contribution in [0, 0.1) is 5.92 Å². The molecule has 1 fully saturated rings. The molecule has 1 aromatic heterocycles. The van der Waals surface area contributed by atoms with Crippen molar-refractivity contribution in [2.75, 3.05) is 32.0 Å². The molecule has 0 saturated carbocycles. The summed E-state index contributed by atoms with van der Waals surface area (Å²) in [5.74, 6) is -0.0683. The number of carbonyl (C=O) groups is 2. The van der Waals surface area contributed by atoms with E-state index in [2.05, 4.69) is 15.7 Å². The predicted molar refractivity (Wildman–Crippen MR) is 105 cm³/mol. The van der Waals surface area contributed by atoms with E-state index in [0.29, 0.717) is 17.8 Å². The van der Waals surface area contributed by atoms with Crippen molar-refractivity contribution >= 4 is 29.9 Å². The average Bonchev–Trinajstić information content (AvgIpc) is 3.27. The lowest BCUT2D eigenvalue weighted by Gasteiger charge is -2.25. The van der Waals surface area contributed by atoms with Gasteiger partial charge in [0.25, 0.3) is 5.91 Å². The Balaban J connectivity index is 0.00000210. The van der Waals surface area contributed by atoms with E-state index >= 15 is 0 Å². The number of anilines is 1. The molecule has 0 radical (unpaired) electrons. The first-order valence-electron chi connectivity index (χ1n) is 8.91. The second kappa shape index (κ2) is 7.70. The number of hydrogen-bond donors (Lipinski definition) is 2. The molecule has 2 aliphatic rings. The van der Waals surface area contributed by atoms with Crippen LogP contribution in [-0.2, 0) is 18.3 Å². The third-order valence-electron chi connectivity index (χ3n) is 5.38. The zero-order chi connectivity index (χ0) is 18.3. The van der Waals surface area contributed by atoms with E-state index in [1.54, 1.807) is 22.7 Å². The lowest BCUT2D eigenvalue weighted by atomic mass is 9.90. The zero-order valence-corrected chi connectivity index (χ0v) is 16.3. The summed E-state index contributed by atoms with van der Waals surface area (Å²) in [6, 6.07) is 5.63. The Morgan fingerprint density at radius 3 is 2.85 bits per heavy atom. The van der Waals surface area contributed by atoms with E-state index in [9.17, 15) is 9.59 Å². The number of aryl methyl sites for hydroxylation is 1. The lowest BCUT2D eigenvalue weighted by Crippen LogP contribution is -2.34. The molecule has 8 heteroatoms. The molecule has 1 saturated heterocycles. The summed E-state index contributed by atoms with van der Waals surface area (Å²) in [6.45, 7) is 2.13. The fourth-order valence-electron chi connectivity index (χ4n) is 3.84. The fraction of sp³-hybridized carbons (Fsp3) is 0.421. The zero-order valence-electron chi connectivity index (χ0n) is 15.4. The van der Waals surface area contributed by atoms with Crippen LogP contribution >= 0.6 is 12.4 Å². The number of halogens is 1. The van der Waals surface area contributed by atoms with Crippen molar-refractivity contribution in [3.05, 3.63) is 47.3 Å². The van der Waals surface area contributed by atoms with Crippen molar-refractivity contribution in [2.45, 2.75) is 12.3 Å². The van der Waals surface area contributed by atoms with E-state index in [0.717, 1.165) is 30.6 Å². The van der Waals surface area contributed by atoms with Gasteiger partial charge in [-0.25, -0.2) is 0 Å². The first-order chi connectivity index (χ1) is 12.5. The van der Waals surface area contributed by atoms with Gasteiger partial charge in [0.05, 0.1) is 12.1 Å². The maximum atomic E-state index is 12.8. The Morgan fingerprint density at radius 1 is 1.30 bits per heavy atom. The SMILES string of the molecule is CN1CCc2ccc(NC(=O)[C@H]3CNC[C@@H]3c3cnn(C)c3)cc2C1=O.Cl. The van der Waals surface area contributed by atoms with Crippen LogP contribution in [0.5, 0.6) is 0 Å². The standard InChI is InChI=1S/C19H23N5O2.ClH/c1-23-6-5-12-3-4-14(7-15(12)19(23)26)22-18(25)17-10-20-9-16(17)13-8-21-24(2)11-13;/h3-4,7-8,11,16-17,20H,5-6,9-10H2,1-2H3,(H,22,25);1H/t16-,17+;/m1./s1. The summed E-state index contributed by atoms with van der Waals surface area (Å²) in [6.07, 6.45) is 4.64. The number of likely N-dealkylation sites (N-methyl/N-ethyl adjacent to an activating group) is 1.